The Bertz CT molecular complexity index is 31.2. The van der Waals surface area contributed by atoms with Crippen LogP contribution in [0.3, 0.4) is 0 Å². The first-order valence-electron chi connectivity index (χ1n) is 1.55. The average molecular weight is 148 g/mol. The van der Waals surface area contributed by atoms with Crippen molar-refractivity contribution in [3.05, 3.63) is 0 Å². The summed E-state index contributed by atoms with van der Waals surface area (Å²) in [4.78, 5) is 0. The van der Waals surface area contributed by atoms with Gasteiger partial charge < -0.3 is 31.6 Å². The van der Waals surface area contributed by atoms with E-state index in [4.69, 9.17) is 30.1 Å². The Morgan fingerprint density at radius 3 is 0.667 bits per heavy atom. The Hall–Kier alpha value is 0.890. The van der Waals surface area contributed by atoms with Crippen LogP contribution in [0.4, 0.5) is 0 Å². The molecule has 0 radical (unpaired) electrons. The van der Waals surface area contributed by atoms with E-state index in [0.29, 0.717) is 0 Å². The van der Waals surface area contributed by atoms with Crippen LogP contribution in [0.1, 0.15) is 1.43 Å². The van der Waals surface area contributed by atoms with E-state index in [1.165, 1.54) is 0 Å². The molecule has 0 heterocycles. The van der Waals surface area contributed by atoms with Gasteiger partial charge in [0.05, 0.1) is 0 Å². The van der Waals surface area contributed by atoms with Crippen molar-refractivity contribution in [2.75, 3.05) is 0 Å². The second kappa shape index (κ2) is 11.7. The zero-order chi connectivity index (χ0) is 7.15. The second-order valence-corrected chi connectivity index (χ2v) is 0.693. The molecule has 9 heteroatoms. The van der Waals surface area contributed by atoms with Crippen LogP contribution >= 0.6 is 0 Å². The molecule has 0 aliphatic heterocycles. The maximum Gasteiger partial charge on any atom is 1.00 e. The van der Waals surface area contributed by atoms with E-state index in [9.17, 15) is 0 Å². The van der Waals surface area contributed by atoms with Crippen molar-refractivity contribution in [3.63, 3.8) is 0 Å². The third-order valence-corrected chi connectivity index (χ3v) is 0. The first-order chi connectivity index (χ1) is 3.46. The Labute approximate surface area is 75.9 Å². The maximum atomic E-state index is 7.17. The molecule has 0 atom stereocenters. The predicted molar refractivity (Wildman–Crippen MR) is 25.9 cm³/mol. The Kier molecular flexibility index (Phi) is 21.3. The first-order valence-corrected chi connectivity index (χ1v) is 1.55. The average Bonchev–Trinajstić information content (AvgIpc) is 1.25. The fourth-order valence-corrected chi connectivity index (χ4v) is 0. The summed E-state index contributed by atoms with van der Waals surface area (Å²) in [6.07, 6.45) is 0. The molecular formula is H7B2NaO6. The monoisotopic (exact) mass is 148 g/mol. The predicted octanol–water partition coefficient (Wildman–Crippen LogP) is -6.99. The van der Waals surface area contributed by atoms with Gasteiger partial charge in [0, 0.05) is 0 Å². The summed E-state index contributed by atoms with van der Waals surface area (Å²) in [5.41, 5.74) is 0. The Morgan fingerprint density at radius 1 is 0.667 bits per heavy atom. The standard InChI is InChI=1S/2BH3O3.Na.H/c2*2-1(3)4;;/h2*2-4H;;/q;;+1;-1. The van der Waals surface area contributed by atoms with Gasteiger partial charge in [-0.25, -0.2) is 0 Å². The summed E-state index contributed by atoms with van der Waals surface area (Å²) in [6.45, 7) is 0. The molecule has 0 unspecified atom stereocenters. The zero-order valence-electron chi connectivity index (χ0n) is 5.84. The van der Waals surface area contributed by atoms with Crippen LogP contribution in [0.2, 0.25) is 0 Å². The molecule has 0 aromatic heterocycles. The zero-order valence-corrected chi connectivity index (χ0v) is 6.84. The second-order valence-electron chi connectivity index (χ2n) is 0.693. The van der Waals surface area contributed by atoms with Gasteiger partial charge in [0.25, 0.3) is 0 Å². The summed E-state index contributed by atoms with van der Waals surface area (Å²) in [5.74, 6) is 0. The van der Waals surface area contributed by atoms with E-state index in [2.05, 4.69) is 0 Å². The molecule has 6 N–H and O–H groups in total. The summed E-state index contributed by atoms with van der Waals surface area (Å²) < 4.78 is 0. The van der Waals surface area contributed by atoms with Gasteiger partial charge in [0.2, 0.25) is 0 Å². The molecule has 9 heavy (non-hydrogen) atoms. The van der Waals surface area contributed by atoms with Crippen molar-refractivity contribution in [3.8, 4) is 0 Å². The summed E-state index contributed by atoms with van der Waals surface area (Å²) in [7, 11) is -4.33. The van der Waals surface area contributed by atoms with Gasteiger partial charge in [-0.05, 0) is 0 Å². The van der Waals surface area contributed by atoms with Crippen molar-refractivity contribution < 1.29 is 61.1 Å². The molecule has 0 aromatic rings. The van der Waals surface area contributed by atoms with Crippen LogP contribution in [0.25, 0.3) is 0 Å². The van der Waals surface area contributed by atoms with Crippen molar-refractivity contribution in [1.82, 2.24) is 0 Å². The van der Waals surface area contributed by atoms with Crippen LogP contribution in [-0.2, 0) is 0 Å². The van der Waals surface area contributed by atoms with Gasteiger partial charge in [-0.15, -0.1) is 0 Å². The largest absolute Gasteiger partial charge is 1.00 e. The van der Waals surface area contributed by atoms with Gasteiger partial charge >= 0.3 is 44.2 Å². The third-order valence-electron chi connectivity index (χ3n) is 0. The fourth-order valence-electron chi connectivity index (χ4n) is 0. The molecule has 0 fully saturated rings. The minimum Gasteiger partial charge on any atom is -1.00 e. The molecule has 0 aliphatic rings. The van der Waals surface area contributed by atoms with E-state index in [1.807, 2.05) is 0 Å². The molecule has 0 saturated carbocycles. The van der Waals surface area contributed by atoms with Gasteiger partial charge in [-0.1, -0.05) is 0 Å². The summed E-state index contributed by atoms with van der Waals surface area (Å²) >= 11 is 0. The van der Waals surface area contributed by atoms with Crippen molar-refractivity contribution in [2.45, 2.75) is 0 Å². The van der Waals surface area contributed by atoms with Crippen LogP contribution in [-0.4, -0.2) is 44.8 Å². The molecule has 0 aliphatic carbocycles. The minimum absolute atomic E-state index is 0. The van der Waals surface area contributed by atoms with Gasteiger partial charge in [-0.2, -0.15) is 0 Å². The molecule has 0 aromatic carbocycles. The molecule has 0 bridgehead atoms. The van der Waals surface area contributed by atoms with E-state index in [0.717, 1.165) is 0 Å². The quantitative estimate of drug-likeness (QED) is 0.190. The minimum atomic E-state index is -2.17. The number of rotatable bonds is 0. The molecule has 0 rings (SSSR count). The van der Waals surface area contributed by atoms with Crippen LogP contribution < -0.4 is 29.6 Å². The molecule has 0 amide bonds. The molecule has 6 nitrogen and oxygen atoms in total. The third kappa shape index (κ3) is 533. The Morgan fingerprint density at radius 2 is 0.667 bits per heavy atom. The van der Waals surface area contributed by atoms with Gasteiger partial charge in [0.1, 0.15) is 0 Å². The maximum absolute atomic E-state index is 7.17. The molecular weight excluding hydrogens is 141 g/mol. The normalized spacial score (nSPS) is 6.00. The molecule has 0 saturated heterocycles. The number of hydrogen-bond acceptors (Lipinski definition) is 6. The first kappa shape index (κ1) is 16.5. The SMILES string of the molecule is OB(O)O.OB(O)O.[H-].[Na+]. The van der Waals surface area contributed by atoms with E-state index in [-0.39, 0.29) is 31.0 Å². The van der Waals surface area contributed by atoms with Crippen LogP contribution in [0, 0.1) is 0 Å². The van der Waals surface area contributed by atoms with Crippen molar-refractivity contribution >= 4 is 14.6 Å². The Balaban J connectivity index is -0.0000000300. The fraction of sp³-hybridized carbons (Fsp3) is 0. The smallest absolute Gasteiger partial charge is 1.00 e. The topological polar surface area (TPSA) is 121 Å². The number of hydrogen-bond donors (Lipinski definition) is 6. The molecule has 0 spiro atoms. The van der Waals surface area contributed by atoms with E-state index >= 15 is 0 Å². The summed E-state index contributed by atoms with van der Waals surface area (Å²) in [5, 5.41) is 43.0. The van der Waals surface area contributed by atoms with E-state index in [1.54, 1.807) is 0 Å². The molecule has 50 valence electrons. The van der Waals surface area contributed by atoms with Crippen LogP contribution in [0.15, 0.2) is 0 Å². The van der Waals surface area contributed by atoms with Crippen LogP contribution in [0.5, 0.6) is 0 Å². The van der Waals surface area contributed by atoms with Crippen molar-refractivity contribution in [1.29, 1.82) is 0 Å². The van der Waals surface area contributed by atoms with Crippen molar-refractivity contribution in [2.24, 2.45) is 0 Å². The van der Waals surface area contributed by atoms with Gasteiger partial charge in [0.15, 0.2) is 0 Å². The summed E-state index contributed by atoms with van der Waals surface area (Å²) in [6, 6.07) is 0. The van der Waals surface area contributed by atoms with Gasteiger partial charge in [-0.3, -0.25) is 0 Å². The van der Waals surface area contributed by atoms with E-state index < -0.39 is 14.6 Å².